The zero-order chi connectivity index (χ0) is 10.8. The lowest BCUT2D eigenvalue weighted by atomic mass is 10.2. The number of hydrogen-bond acceptors (Lipinski definition) is 2. The minimum Gasteiger partial charge on any atom is -0.458 e. The normalized spacial score (nSPS) is 11.1. The van der Waals surface area contributed by atoms with Crippen LogP contribution in [0, 0.1) is 10.5 Å². The summed E-state index contributed by atoms with van der Waals surface area (Å²) in [6.45, 7) is 4.20. The molecule has 0 atom stereocenters. The first-order valence-corrected chi connectivity index (χ1v) is 6.34. The summed E-state index contributed by atoms with van der Waals surface area (Å²) in [4.78, 5) is 4.50. The molecular weight excluding hydrogens is 301 g/mol. The molecule has 0 bridgehead atoms. The number of hydrogen-bond donors (Lipinski definition) is 0. The van der Waals surface area contributed by atoms with Gasteiger partial charge in [0, 0.05) is 12.1 Å². The van der Waals surface area contributed by atoms with Crippen molar-refractivity contribution in [2.75, 3.05) is 0 Å². The Morgan fingerprint density at radius 3 is 2.93 bits per heavy atom. The summed E-state index contributed by atoms with van der Waals surface area (Å²) in [7, 11) is 0. The monoisotopic (exact) mass is 315 g/mol. The number of aryl methyl sites for hydroxylation is 2. The van der Waals surface area contributed by atoms with E-state index in [0.29, 0.717) is 0 Å². The minimum atomic E-state index is 0.913. The van der Waals surface area contributed by atoms with Gasteiger partial charge in [-0.2, -0.15) is 0 Å². The Hall–Kier alpha value is -0.580. The van der Waals surface area contributed by atoms with Crippen LogP contribution in [-0.2, 0) is 6.42 Å². The van der Waals surface area contributed by atoms with Crippen LogP contribution in [0.2, 0.25) is 0 Å². The van der Waals surface area contributed by atoms with E-state index in [1.165, 1.54) is 16.4 Å². The largest absolute Gasteiger partial charge is 0.458 e. The number of furan rings is 1. The molecule has 0 N–H and O–H groups in total. The molecule has 0 radical (unpaired) electrons. The van der Waals surface area contributed by atoms with E-state index in [9.17, 15) is 0 Å². The predicted molar refractivity (Wildman–Crippen MR) is 70.1 cm³/mol. The molecule has 0 aliphatic rings. The fraction of sp³-hybridized carbons (Fsp3) is 0.417. The number of halogens is 1. The summed E-state index contributed by atoms with van der Waals surface area (Å²) in [6, 6.07) is 4.00. The molecule has 2 heterocycles. The Labute approximate surface area is 103 Å². The maximum Gasteiger partial charge on any atom is 0.153 e. The highest BCUT2D eigenvalue weighted by Crippen LogP contribution is 2.27. The molecule has 2 aromatic rings. The molecule has 0 aliphatic carbocycles. The SMILES string of the molecule is CCCCc1oc2ccc(C)nc2c1I. The summed E-state index contributed by atoms with van der Waals surface area (Å²) in [6.07, 6.45) is 3.39. The Morgan fingerprint density at radius 2 is 2.20 bits per heavy atom. The third kappa shape index (κ3) is 2.17. The van der Waals surface area contributed by atoms with E-state index in [0.717, 1.165) is 29.0 Å². The second-order valence-electron chi connectivity index (χ2n) is 3.74. The third-order valence-electron chi connectivity index (χ3n) is 2.44. The summed E-state index contributed by atoms with van der Waals surface area (Å²) in [5, 5.41) is 0. The van der Waals surface area contributed by atoms with Gasteiger partial charge in [0.25, 0.3) is 0 Å². The fourth-order valence-corrected chi connectivity index (χ4v) is 2.36. The molecule has 2 rings (SSSR count). The van der Waals surface area contributed by atoms with Gasteiger partial charge in [0.2, 0.25) is 0 Å². The molecule has 80 valence electrons. The van der Waals surface area contributed by atoms with Crippen molar-refractivity contribution in [1.82, 2.24) is 4.98 Å². The topological polar surface area (TPSA) is 26.0 Å². The van der Waals surface area contributed by atoms with Crippen molar-refractivity contribution in [3.63, 3.8) is 0 Å². The maximum absolute atomic E-state index is 5.79. The molecule has 0 saturated carbocycles. The Morgan fingerprint density at radius 1 is 1.40 bits per heavy atom. The maximum atomic E-state index is 5.79. The van der Waals surface area contributed by atoms with Gasteiger partial charge in [0.15, 0.2) is 5.58 Å². The Kier molecular flexibility index (Phi) is 3.29. The van der Waals surface area contributed by atoms with Crippen LogP contribution in [-0.4, -0.2) is 4.98 Å². The van der Waals surface area contributed by atoms with E-state index in [1.54, 1.807) is 0 Å². The summed E-state index contributed by atoms with van der Waals surface area (Å²) < 4.78 is 6.97. The van der Waals surface area contributed by atoms with E-state index in [4.69, 9.17) is 4.42 Å². The standard InChI is InChI=1S/C12H14INO/c1-3-4-5-9-11(13)12-10(15-9)7-6-8(2)14-12/h6-7H,3-5H2,1-2H3. The van der Waals surface area contributed by atoms with Gasteiger partial charge in [-0.25, -0.2) is 4.98 Å². The van der Waals surface area contributed by atoms with Crippen LogP contribution in [0.5, 0.6) is 0 Å². The van der Waals surface area contributed by atoms with Gasteiger partial charge >= 0.3 is 0 Å². The Balaban J connectivity index is 2.45. The first-order valence-electron chi connectivity index (χ1n) is 5.27. The molecule has 0 aliphatic heterocycles. The quantitative estimate of drug-likeness (QED) is 0.798. The van der Waals surface area contributed by atoms with E-state index >= 15 is 0 Å². The van der Waals surface area contributed by atoms with Crippen LogP contribution in [0.4, 0.5) is 0 Å². The zero-order valence-electron chi connectivity index (χ0n) is 9.01. The highest BCUT2D eigenvalue weighted by molar-refractivity contribution is 14.1. The lowest BCUT2D eigenvalue weighted by Gasteiger charge is -1.93. The average Bonchev–Trinajstić information content (AvgIpc) is 2.53. The highest BCUT2D eigenvalue weighted by atomic mass is 127. The van der Waals surface area contributed by atoms with Gasteiger partial charge in [-0.1, -0.05) is 13.3 Å². The molecule has 0 spiro atoms. The lowest BCUT2D eigenvalue weighted by Crippen LogP contribution is -1.85. The van der Waals surface area contributed by atoms with Crippen LogP contribution < -0.4 is 0 Å². The van der Waals surface area contributed by atoms with E-state index < -0.39 is 0 Å². The molecular formula is C12H14INO. The van der Waals surface area contributed by atoms with Crippen molar-refractivity contribution in [2.45, 2.75) is 33.1 Å². The smallest absolute Gasteiger partial charge is 0.153 e. The van der Waals surface area contributed by atoms with Crippen molar-refractivity contribution in [2.24, 2.45) is 0 Å². The van der Waals surface area contributed by atoms with Crippen molar-refractivity contribution in [1.29, 1.82) is 0 Å². The number of rotatable bonds is 3. The number of pyridine rings is 1. The molecule has 2 aromatic heterocycles. The molecule has 0 saturated heterocycles. The molecule has 0 fully saturated rings. The van der Waals surface area contributed by atoms with E-state index in [1.807, 2.05) is 19.1 Å². The van der Waals surface area contributed by atoms with E-state index in [-0.39, 0.29) is 0 Å². The van der Waals surface area contributed by atoms with Crippen molar-refractivity contribution >= 4 is 33.7 Å². The van der Waals surface area contributed by atoms with Gasteiger partial charge in [-0.15, -0.1) is 0 Å². The molecule has 3 heteroatoms. The predicted octanol–water partition coefficient (Wildman–Crippen LogP) is 4.08. The second kappa shape index (κ2) is 4.51. The number of aromatic nitrogens is 1. The van der Waals surface area contributed by atoms with Crippen LogP contribution in [0.3, 0.4) is 0 Å². The molecule has 0 amide bonds. The van der Waals surface area contributed by atoms with Gasteiger partial charge in [-0.05, 0) is 48.1 Å². The zero-order valence-corrected chi connectivity index (χ0v) is 11.2. The van der Waals surface area contributed by atoms with E-state index in [2.05, 4.69) is 34.5 Å². The molecule has 15 heavy (non-hydrogen) atoms. The van der Waals surface area contributed by atoms with Crippen molar-refractivity contribution in [3.05, 3.63) is 27.2 Å². The van der Waals surface area contributed by atoms with Crippen molar-refractivity contribution in [3.8, 4) is 0 Å². The second-order valence-corrected chi connectivity index (χ2v) is 4.82. The first-order chi connectivity index (χ1) is 7.22. The Bertz CT molecular complexity index is 476. The van der Waals surface area contributed by atoms with Crippen LogP contribution in [0.25, 0.3) is 11.1 Å². The average molecular weight is 315 g/mol. The summed E-state index contributed by atoms with van der Waals surface area (Å²) >= 11 is 2.33. The third-order valence-corrected chi connectivity index (χ3v) is 3.55. The fourth-order valence-electron chi connectivity index (χ4n) is 1.59. The van der Waals surface area contributed by atoms with Gasteiger partial charge in [-0.3, -0.25) is 0 Å². The van der Waals surface area contributed by atoms with Crippen molar-refractivity contribution < 1.29 is 4.42 Å². The van der Waals surface area contributed by atoms with Crippen LogP contribution in [0.15, 0.2) is 16.5 Å². The highest BCUT2D eigenvalue weighted by Gasteiger charge is 2.12. The lowest BCUT2D eigenvalue weighted by molar-refractivity contribution is 0.533. The molecule has 2 nitrogen and oxygen atoms in total. The molecule has 0 unspecified atom stereocenters. The van der Waals surface area contributed by atoms with Crippen LogP contribution in [0.1, 0.15) is 31.2 Å². The van der Waals surface area contributed by atoms with Crippen LogP contribution >= 0.6 is 22.6 Å². The first kappa shape index (κ1) is 10.9. The number of unbranched alkanes of at least 4 members (excludes halogenated alkanes) is 1. The van der Waals surface area contributed by atoms with Gasteiger partial charge in [0.05, 0.1) is 3.57 Å². The summed E-state index contributed by atoms with van der Waals surface area (Å²) in [5.74, 6) is 1.09. The summed E-state index contributed by atoms with van der Waals surface area (Å²) in [5.41, 5.74) is 2.97. The van der Waals surface area contributed by atoms with Gasteiger partial charge in [0.1, 0.15) is 11.3 Å². The number of nitrogens with zero attached hydrogens (tertiary/aromatic N) is 1. The number of fused-ring (bicyclic) bond motifs is 1. The van der Waals surface area contributed by atoms with Gasteiger partial charge < -0.3 is 4.42 Å². The molecule has 0 aromatic carbocycles. The minimum absolute atomic E-state index is 0.913.